The van der Waals surface area contributed by atoms with Crippen LogP contribution in [0.5, 0.6) is 0 Å². The van der Waals surface area contributed by atoms with Gasteiger partial charge in [-0.1, -0.05) is 6.42 Å². The second-order valence-corrected chi connectivity index (χ2v) is 4.66. The quantitative estimate of drug-likeness (QED) is 0.729. The average molecular weight is 248 g/mol. The first-order valence-corrected chi connectivity index (χ1v) is 6.49. The molecular formula is C13H20N4O. The molecule has 0 aliphatic carbocycles. The molecule has 5 heteroatoms. The Labute approximate surface area is 107 Å². The number of carbonyl (C=O) groups excluding carboxylic acids is 1. The number of nitrogens with zero attached hydrogens (tertiary/aromatic N) is 1. The number of anilines is 1. The molecule has 1 aromatic rings. The van der Waals surface area contributed by atoms with Crippen molar-refractivity contribution in [2.45, 2.75) is 31.7 Å². The minimum absolute atomic E-state index is 0.439. The van der Waals surface area contributed by atoms with E-state index in [1.807, 2.05) is 0 Å². The number of aromatic nitrogens is 1. The third-order valence-corrected chi connectivity index (χ3v) is 3.26. The molecule has 2 rings (SSSR count). The Balaban J connectivity index is 1.74. The minimum Gasteiger partial charge on any atom is -0.370 e. The van der Waals surface area contributed by atoms with Crippen molar-refractivity contribution in [1.82, 2.24) is 10.3 Å². The van der Waals surface area contributed by atoms with Gasteiger partial charge in [-0.3, -0.25) is 4.79 Å². The van der Waals surface area contributed by atoms with Crippen molar-refractivity contribution in [2.24, 2.45) is 5.73 Å². The summed E-state index contributed by atoms with van der Waals surface area (Å²) >= 11 is 0. The average Bonchev–Trinajstić information content (AvgIpc) is 2.40. The molecule has 1 atom stereocenters. The molecular weight excluding hydrogens is 228 g/mol. The first-order valence-electron chi connectivity index (χ1n) is 6.49. The minimum atomic E-state index is -0.444. The highest BCUT2D eigenvalue weighted by atomic mass is 16.1. The summed E-state index contributed by atoms with van der Waals surface area (Å²) in [5, 5.41) is 6.76. The Morgan fingerprint density at radius 1 is 1.50 bits per heavy atom. The Kier molecular flexibility index (Phi) is 4.52. The van der Waals surface area contributed by atoms with Crippen LogP contribution in [0.4, 0.5) is 5.82 Å². The number of piperidine rings is 1. The van der Waals surface area contributed by atoms with Gasteiger partial charge in [-0.25, -0.2) is 4.98 Å². The van der Waals surface area contributed by atoms with Crippen molar-refractivity contribution in [3.63, 3.8) is 0 Å². The second kappa shape index (κ2) is 6.35. The lowest BCUT2D eigenvalue weighted by atomic mass is 10.0. The lowest BCUT2D eigenvalue weighted by molar-refractivity contribution is 0.1000. The van der Waals surface area contributed by atoms with Crippen LogP contribution in [0.3, 0.4) is 0 Å². The monoisotopic (exact) mass is 248 g/mol. The van der Waals surface area contributed by atoms with Crippen LogP contribution >= 0.6 is 0 Å². The Bertz CT molecular complexity index is 384. The number of hydrogen-bond acceptors (Lipinski definition) is 4. The highest BCUT2D eigenvalue weighted by Crippen LogP contribution is 2.10. The van der Waals surface area contributed by atoms with E-state index in [0.717, 1.165) is 25.3 Å². The highest BCUT2D eigenvalue weighted by molar-refractivity contribution is 5.92. The normalized spacial score (nSPS) is 19.4. The molecule has 98 valence electrons. The van der Waals surface area contributed by atoms with Gasteiger partial charge in [0.1, 0.15) is 5.82 Å². The number of nitrogens with one attached hydrogen (secondary N) is 2. The first kappa shape index (κ1) is 12.8. The van der Waals surface area contributed by atoms with E-state index in [4.69, 9.17) is 5.73 Å². The summed E-state index contributed by atoms with van der Waals surface area (Å²) in [7, 11) is 0. The number of amides is 1. The van der Waals surface area contributed by atoms with Crippen LogP contribution in [-0.4, -0.2) is 30.0 Å². The maximum absolute atomic E-state index is 10.9. The van der Waals surface area contributed by atoms with E-state index in [1.165, 1.54) is 25.5 Å². The Morgan fingerprint density at radius 2 is 2.39 bits per heavy atom. The zero-order valence-electron chi connectivity index (χ0n) is 10.5. The third kappa shape index (κ3) is 3.70. The molecule has 0 bridgehead atoms. The SMILES string of the molecule is NC(=O)c1ccc(NCC[C@@H]2CCCCN2)nc1. The number of pyridine rings is 1. The van der Waals surface area contributed by atoms with Crippen molar-refractivity contribution in [3.05, 3.63) is 23.9 Å². The lowest BCUT2D eigenvalue weighted by Gasteiger charge is -2.23. The molecule has 1 amide bonds. The number of nitrogens with two attached hydrogens (primary N) is 1. The molecule has 0 spiro atoms. The molecule has 0 radical (unpaired) electrons. The van der Waals surface area contributed by atoms with Crippen LogP contribution < -0.4 is 16.4 Å². The van der Waals surface area contributed by atoms with Crippen LogP contribution in [0.1, 0.15) is 36.0 Å². The molecule has 18 heavy (non-hydrogen) atoms. The molecule has 1 saturated heterocycles. The van der Waals surface area contributed by atoms with Crippen LogP contribution in [0.15, 0.2) is 18.3 Å². The molecule has 0 saturated carbocycles. The summed E-state index contributed by atoms with van der Waals surface area (Å²) in [6.07, 6.45) is 6.47. The van der Waals surface area contributed by atoms with Gasteiger partial charge in [0.05, 0.1) is 5.56 Å². The number of rotatable bonds is 5. The number of primary amides is 1. The van der Waals surface area contributed by atoms with Gasteiger partial charge in [0.15, 0.2) is 0 Å². The predicted molar refractivity (Wildman–Crippen MR) is 71.5 cm³/mol. The van der Waals surface area contributed by atoms with E-state index in [-0.39, 0.29) is 0 Å². The fraction of sp³-hybridized carbons (Fsp3) is 0.538. The van der Waals surface area contributed by atoms with Crippen LogP contribution in [-0.2, 0) is 0 Å². The van der Waals surface area contributed by atoms with Gasteiger partial charge in [-0.15, -0.1) is 0 Å². The summed E-state index contributed by atoms with van der Waals surface area (Å²) in [6.45, 7) is 2.02. The van der Waals surface area contributed by atoms with Gasteiger partial charge in [0.25, 0.3) is 0 Å². The van der Waals surface area contributed by atoms with E-state index in [9.17, 15) is 4.79 Å². The molecule has 1 aliphatic heterocycles. The summed E-state index contributed by atoms with van der Waals surface area (Å²) < 4.78 is 0. The summed E-state index contributed by atoms with van der Waals surface area (Å²) in [5.41, 5.74) is 5.59. The van der Waals surface area contributed by atoms with E-state index in [1.54, 1.807) is 12.1 Å². The number of hydrogen-bond donors (Lipinski definition) is 3. The zero-order valence-corrected chi connectivity index (χ0v) is 10.5. The van der Waals surface area contributed by atoms with Crippen molar-refractivity contribution in [3.8, 4) is 0 Å². The lowest BCUT2D eigenvalue weighted by Crippen LogP contribution is -2.35. The molecule has 1 aromatic heterocycles. The van der Waals surface area contributed by atoms with E-state index >= 15 is 0 Å². The smallest absolute Gasteiger partial charge is 0.250 e. The van der Waals surface area contributed by atoms with Gasteiger partial charge in [0.2, 0.25) is 5.91 Å². The fourth-order valence-corrected chi connectivity index (χ4v) is 2.19. The highest BCUT2D eigenvalue weighted by Gasteiger charge is 2.11. The molecule has 0 unspecified atom stereocenters. The van der Waals surface area contributed by atoms with Gasteiger partial charge in [-0.05, 0) is 37.9 Å². The van der Waals surface area contributed by atoms with Gasteiger partial charge >= 0.3 is 0 Å². The predicted octanol–water partition coefficient (Wildman–Crippen LogP) is 1.12. The second-order valence-electron chi connectivity index (χ2n) is 4.66. The maximum Gasteiger partial charge on any atom is 0.250 e. The topological polar surface area (TPSA) is 80.0 Å². The van der Waals surface area contributed by atoms with E-state index in [2.05, 4.69) is 15.6 Å². The fourth-order valence-electron chi connectivity index (χ4n) is 2.19. The number of carbonyl (C=O) groups is 1. The summed E-state index contributed by atoms with van der Waals surface area (Å²) in [5.74, 6) is 0.344. The van der Waals surface area contributed by atoms with Crippen LogP contribution in [0, 0.1) is 0 Å². The third-order valence-electron chi connectivity index (χ3n) is 3.26. The van der Waals surface area contributed by atoms with Crippen molar-refractivity contribution >= 4 is 11.7 Å². The van der Waals surface area contributed by atoms with Crippen molar-refractivity contribution in [2.75, 3.05) is 18.4 Å². The molecule has 0 aromatic carbocycles. The Hall–Kier alpha value is -1.62. The maximum atomic E-state index is 10.9. The van der Waals surface area contributed by atoms with Crippen molar-refractivity contribution < 1.29 is 4.79 Å². The molecule has 2 heterocycles. The largest absolute Gasteiger partial charge is 0.370 e. The first-order chi connectivity index (χ1) is 8.75. The van der Waals surface area contributed by atoms with Crippen molar-refractivity contribution in [1.29, 1.82) is 0 Å². The molecule has 1 aliphatic rings. The Morgan fingerprint density at radius 3 is 3.00 bits per heavy atom. The molecule has 5 nitrogen and oxygen atoms in total. The van der Waals surface area contributed by atoms with Crippen LogP contribution in [0.25, 0.3) is 0 Å². The van der Waals surface area contributed by atoms with Gasteiger partial charge in [0, 0.05) is 18.8 Å². The van der Waals surface area contributed by atoms with Gasteiger partial charge < -0.3 is 16.4 Å². The van der Waals surface area contributed by atoms with Crippen LogP contribution in [0.2, 0.25) is 0 Å². The zero-order chi connectivity index (χ0) is 12.8. The molecule has 1 fully saturated rings. The standard InChI is InChI=1S/C13H20N4O/c14-13(18)10-4-5-12(17-9-10)16-8-6-11-3-1-2-7-15-11/h4-5,9,11,15H,1-3,6-8H2,(H2,14,18)(H,16,17)/t11-/m0/s1. The van der Waals surface area contributed by atoms with Gasteiger partial charge in [-0.2, -0.15) is 0 Å². The molecule has 4 N–H and O–H groups in total. The summed E-state index contributed by atoms with van der Waals surface area (Å²) in [6, 6.07) is 4.10. The van der Waals surface area contributed by atoms with E-state index in [0.29, 0.717) is 11.6 Å². The summed E-state index contributed by atoms with van der Waals surface area (Å²) in [4.78, 5) is 15.0. The van der Waals surface area contributed by atoms with E-state index < -0.39 is 5.91 Å².